The fraction of sp³-hybridized carbons (Fsp3) is 0.574. The number of carboxylic acids is 1. The minimum absolute atomic E-state index is 0.0657. The van der Waals surface area contributed by atoms with Crippen molar-refractivity contribution in [1.29, 1.82) is 0 Å². The van der Waals surface area contributed by atoms with Crippen molar-refractivity contribution in [2.75, 3.05) is 27.2 Å². The van der Waals surface area contributed by atoms with Crippen molar-refractivity contribution in [2.45, 2.75) is 136 Å². The van der Waals surface area contributed by atoms with Gasteiger partial charge in [0.1, 0.15) is 18.1 Å². The average molecular weight is 885 g/mol. The first kappa shape index (κ1) is 52.1. The molecule has 4 rings (SSSR count). The zero-order valence-corrected chi connectivity index (χ0v) is 38.6. The lowest BCUT2D eigenvalue weighted by atomic mass is 9.76. The van der Waals surface area contributed by atoms with Crippen molar-refractivity contribution in [1.82, 2.24) is 30.7 Å². The molecule has 63 heavy (non-hydrogen) atoms. The number of aliphatic carboxylic acids is 1. The van der Waals surface area contributed by atoms with Gasteiger partial charge in [0, 0.05) is 37.7 Å². The number of carboxylic acid groups (broad SMARTS) is 1. The van der Waals surface area contributed by atoms with Gasteiger partial charge in [-0.15, -0.1) is 0 Å². The number of hydrogen-bond donors (Lipinski definition) is 4. The van der Waals surface area contributed by atoms with Gasteiger partial charge in [-0.05, 0) is 69.0 Å². The summed E-state index contributed by atoms with van der Waals surface area (Å²) in [5.41, 5.74) is 2.33. The monoisotopic (exact) mass is 885 g/mol. The molecule has 13 nitrogen and oxygen atoms in total. The SMILES string of the molecule is CN[C@H](C(=O)N[C@H](C(=O)N(C)[C@H](/C=C(\C)C(=O)N1CCC[C@@H]1C(=O)N1CCC[C@@H]1C(=O)NCc1ccccc1)C(C)C)C(C)(C)C)C(C)(C)c1cccc(C)c1.O=C(O)C(F)(F)F. The molecular weight excluding hydrogens is 818 g/mol. The molecule has 0 spiro atoms. The van der Waals surface area contributed by atoms with Gasteiger partial charge in [0.2, 0.25) is 29.5 Å². The van der Waals surface area contributed by atoms with E-state index in [0.29, 0.717) is 44.5 Å². The van der Waals surface area contributed by atoms with Crippen LogP contribution in [0.2, 0.25) is 0 Å². The number of amides is 5. The third-order valence-corrected chi connectivity index (χ3v) is 11.9. The van der Waals surface area contributed by atoms with Crippen LogP contribution in [0.3, 0.4) is 0 Å². The Morgan fingerprint density at radius 2 is 1.44 bits per heavy atom. The van der Waals surface area contributed by atoms with Crippen molar-refractivity contribution in [3.63, 3.8) is 0 Å². The van der Waals surface area contributed by atoms with E-state index in [1.807, 2.05) is 110 Å². The molecule has 4 N–H and O–H groups in total. The number of carbonyl (C=O) groups is 6. The highest BCUT2D eigenvalue weighted by Crippen LogP contribution is 2.31. The number of halogens is 3. The topological polar surface area (TPSA) is 168 Å². The van der Waals surface area contributed by atoms with Crippen LogP contribution in [-0.4, -0.2) is 119 Å². The summed E-state index contributed by atoms with van der Waals surface area (Å²) in [6.07, 6.45) is -0.750. The second-order valence-electron chi connectivity index (χ2n) is 18.5. The van der Waals surface area contributed by atoms with Gasteiger partial charge in [0.05, 0.1) is 12.1 Å². The van der Waals surface area contributed by atoms with Crippen LogP contribution >= 0.6 is 0 Å². The number of alkyl halides is 3. The predicted octanol–water partition coefficient (Wildman–Crippen LogP) is 5.75. The first-order chi connectivity index (χ1) is 29.2. The second-order valence-corrected chi connectivity index (χ2v) is 18.5. The molecule has 2 fully saturated rings. The number of aryl methyl sites for hydroxylation is 1. The van der Waals surface area contributed by atoms with E-state index in [0.717, 1.165) is 23.1 Å². The maximum Gasteiger partial charge on any atom is 0.490 e. The zero-order chi connectivity index (χ0) is 47.6. The molecule has 2 saturated heterocycles. The highest BCUT2D eigenvalue weighted by Gasteiger charge is 2.44. The van der Waals surface area contributed by atoms with Gasteiger partial charge in [-0.2, -0.15) is 13.2 Å². The summed E-state index contributed by atoms with van der Waals surface area (Å²) in [4.78, 5) is 83.7. The number of benzene rings is 2. The highest BCUT2D eigenvalue weighted by molar-refractivity contribution is 5.98. The summed E-state index contributed by atoms with van der Waals surface area (Å²) >= 11 is 0. The lowest BCUT2D eigenvalue weighted by molar-refractivity contribution is -0.192. The second kappa shape index (κ2) is 21.9. The first-order valence-electron chi connectivity index (χ1n) is 21.5. The van der Waals surface area contributed by atoms with Crippen LogP contribution in [-0.2, 0) is 40.7 Å². The lowest BCUT2D eigenvalue weighted by Gasteiger charge is -2.40. The van der Waals surface area contributed by atoms with Crippen LogP contribution < -0.4 is 16.0 Å². The smallest absolute Gasteiger partial charge is 0.475 e. The molecule has 2 aliphatic rings. The van der Waals surface area contributed by atoms with Gasteiger partial charge in [-0.1, -0.05) is 115 Å². The Bertz CT molecular complexity index is 1960. The van der Waals surface area contributed by atoms with Crippen LogP contribution in [0.1, 0.15) is 97.8 Å². The minimum atomic E-state index is -5.08. The van der Waals surface area contributed by atoms with Crippen molar-refractivity contribution in [3.8, 4) is 0 Å². The zero-order valence-electron chi connectivity index (χ0n) is 38.6. The summed E-state index contributed by atoms with van der Waals surface area (Å²) in [6.45, 7) is 18.9. The van der Waals surface area contributed by atoms with Crippen molar-refractivity contribution < 1.29 is 47.0 Å². The number of carbonyl (C=O) groups excluding carboxylic acids is 5. The summed E-state index contributed by atoms with van der Waals surface area (Å²) in [6, 6.07) is 14.6. The Balaban J connectivity index is 0.00000139. The third-order valence-electron chi connectivity index (χ3n) is 11.9. The molecular formula is C47H67F3N6O7. The van der Waals surface area contributed by atoms with Crippen LogP contribution in [0.5, 0.6) is 0 Å². The van der Waals surface area contributed by atoms with E-state index in [4.69, 9.17) is 9.90 Å². The summed E-state index contributed by atoms with van der Waals surface area (Å²) in [5, 5.41) is 16.4. The van der Waals surface area contributed by atoms with Crippen LogP contribution in [0.25, 0.3) is 0 Å². The lowest BCUT2D eigenvalue weighted by Crippen LogP contribution is -2.61. The first-order valence-corrected chi connectivity index (χ1v) is 21.5. The summed E-state index contributed by atoms with van der Waals surface area (Å²) in [7, 11) is 3.48. The molecule has 0 radical (unpaired) electrons. The van der Waals surface area contributed by atoms with Gasteiger partial charge in [0.15, 0.2) is 0 Å². The number of nitrogens with zero attached hydrogens (tertiary/aromatic N) is 3. The Hall–Kier alpha value is -5.25. The van der Waals surface area contributed by atoms with Gasteiger partial charge in [0.25, 0.3) is 0 Å². The van der Waals surface area contributed by atoms with E-state index in [9.17, 15) is 37.1 Å². The molecule has 0 bridgehead atoms. The maximum atomic E-state index is 14.4. The van der Waals surface area contributed by atoms with Crippen molar-refractivity contribution in [2.24, 2.45) is 11.3 Å². The molecule has 2 heterocycles. The maximum absolute atomic E-state index is 14.4. The number of likely N-dealkylation sites (tertiary alicyclic amines) is 2. The molecule has 5 amide bonds. The molecule has 2 aliphatic heterocycles. The van der Waals surface area contributed by atoms with E-state index in [-0.39, 0.29) is 35.5 Å². The molecule has 2 aromatic carbocycles. The molecule has 348 valence electrons. The van der Waals surface area contributed by atoms with E-state index in [2.05, 4.69) is 22.0 Å². The fourth-order valence-corrected chi connectivity index (χ4v) is 8.23. The van der Waals surface area contributed by atoms with Gasteiger partial charge < -0.3 is 35.8 Å². The van der Waals surface area contributed by atoms with Gasteiger partial charge in [-0.25, -0.2) is 4.79 Å². The molecule has 2 aromatic rings. The Morgan fingerprint density at radius 3 is 1.97 bits per heavy atom. The van der Waals surface area contributed by atoms with Crippen LogP contribution in [0.15, 0.2) is 66.2 Å². The molecule has 0 saturated carbocycles. The van der Waals surface area contributed by atoms with E-state index >= 15 is 0 Å². The number of rotatable bonds is 14. The number of hydrogen-bond acceptors (Lipinski definition) is 7. The molecule has 0 aromatic heterocycles. The third kappa shape index (κ3) is 13.6. The average Bonchev–Trinajstić information content (AvgIpc) is 3.91. The quantitative estimate of drug-likeness (QED) is 0.174. The van der Waals surface area contributed by atoms with E-state index in [1.165, 1.54) is 0 Å². The van der Waals surface area contributed by atoms with Crippen molar-refractivity contribution >= 4 is 35.5 Å². The fourth-order valence-electron chi connectivity index (χ4n) is 8.23. The summed E-state index contributed by atoms with van der Waals surface area (Å²) < 4.78 is 31.7. The Kier molecular flexibility index (Phi) is 18.1. The van der Waals surface area contributed by atoms with Gasteiger partial charge >= 0.3 is 12.1 Å². The standard InChI is InChI=1S/C45H66N6O5.C2HF3O2/c1-29(2)36(49(11)43(56)38(44(5,6)7)48-40(53)37(46-10)45(8,9)33-21-15-18-30(3)26-33)27-31(4)41(54)51-25-17-23-35(51)42(55)50-24-16-22-34(50)39(52)47-28-32-19-13-12-14-20-32;3-2(4,5)1(6)7/h12-15,18-21,26-27,29,34-38,46H,16-17,22-25,28H2,1-11H3,(H,47,52)(H,48,53);(H,6,7)/b31-27+;/t34-,35-,36-,37-,38-;/m1./s1. The normalized spacial score (nSPS) is 18.5. The molecule has 0 aliphatic carbocycles. The molecule has 16 heteroatoms. The van der Waals surface area contributed by atoms with Crippen LogP contribution in [0, 0.1) is 18.3 Å². The van der Waals surface area contributed by atoms with E-state index in [1.54, 1.807) is 35.7 Å². The van der Waals surface area contributed by atoms with Crippen LogP contribution in [0.4, 0.5) is 13.2 Å². The highest BCUT2D eigenvalue weighted by atomic mass is 19.4. The number of likely N-dealkylation sites (N-methyl/N-ethyl adjacent to an activating group) is 2. The van der Waals surface area contributed by atoms with E-state index < -0.39 is 53.2 Å². The van der Waals surface area contributed by atoms with Crippen molar-refractivity contribution in [3.05, 3.63) is 82.9 Å². The minimum Gasteiger partial charge on any atom is -0.475 e. The Labute approximate surface area is 370 Å². The molecule has 5 atom stereocenters. The largest absolute Gasteiger partial charge is 0.490 e. The molecule has 0 unspecified atom stereocenters. The predicted molar refractivity (Wildman–Crippen MR) is 235 cm³/mol. The Morgan fingerprint density at radius 1 is 0.873 bits per heavy atom. The van der Waals surface area contributed by atoms with Gasteiger partial charge in [-0.3, -0.25) is 24.0 Å². The number of nitrogens with one attached hydrogen (secondary N) is 3. The summed E-state index contributed by atoms with van der Waals surface area (Å²) in [5.74, 6) is -3.99.